The maximum atomic E-state index is 11.4. The van der Waals surface area contributed by atoms with Crippen molar-refractivity contribution in [3.8, 4) is 0 Å². The Labute approximate surface area is 94.7 Å². The number of aliphatic hydroxyl groups excluding tert-OH is 1. The summed E-state index contributed by atoms with van der Waals surface area (Å²) in [6.07, 6.45) is 1.60. The number of carboxylic acid groups (broad SMARTS) is 1. The molecule has 0 saturated carbocycles. The Bertz CT molecular complexity index is 270. The van der Waals surface area contributed by atoms with Crippen LogP contribution in [0.3, 0.4) is 0 Å². The second-order valence-electron chi connectivity index (χ2n) is 3.36. The number of carboxylic acids is 1. The topological polar surface area (TPSA) is 86.7 Å². The quantitative estimate of drug-likeness (QED) is 0.381. The van der Waals surface area contributed by atoms with E-state index in [9.17, 15) is 14.7 Å². The van der Waals surface area contributed by atoms with Gasteiger partial charge in [0.15, 0.2) is 0 Å². The molecule has 92 valence electrons. The third-order valence-corrected chi connectivity index (χ3v) is 1.95. The van der Waals surface area contributed by atoms with Gasteiger partial charge < -0.3 is 19.7 Å². The zero-order valence-corrected chi connectivity index (χ0v) is 9.56. The van der Waals surface area contributed by atoms with Crippen LogP contribution in [0.2, 0.25) is 0 Å². The largest absolute Gasteiger partial charge is 0.545 e. The van der Waals surface area contributed by atoms with Gasteiger partial charge in [-0.05, 0) is 18.9 Å². The van der Waals surface area contributed by atoms with Crippen molar-refractivity contribution in [2.24, 2.45) is 0 Å². The van der Waals surface area contributed by atoms with Crippen LogP contribution in [0.25, 0.3) is 0 Å². The van der Waals surface area contributed by atoms with Gasteiger partial charge in [-0.15, -0.1) is 0 Å². The molecule has 0 aliphatic rings. The summed E-state index contributed by atoms with van der Waals surface area (Å²) in [5, 5.41) is 19.5. The molecule has 5 heteroatoms. The van der Waals surface area contributed by atoms with E-state index in [1.807, 2.05) is 6.92 Å². The molecule has 16 heavy (non-hydrogen) atoms. The summed E-state index contributed by atoms with van der Waals surface area (Å²) in [7, 11) is 0. The van der Waals surface area contributed by atoms with E-state index in [4.69, 9.17) is 5.11 Å². The van der Waals surface area contributed by atoms with Crippen molar-refractivity contribution in [2.75, 3.05) is 0 Å². The lowest BCUT2D eigenvalue weighted by Crippen LogP contribution is -2.23. The molecule has 0 aliphatic heterocycles. The van der Waals surface area contributed by atoms with E-state index in [1.165, 1.54) is 0 Å². The Hall–Kier alpha value is -1.36. The van der Waals surface area contributed by atoms with E-state index in [0.717, 1.165) is 12.5 Å². The summed E-state index contributed by atoms with van der Waals surface area (Å²) >= 11 is 0. The number of hydrogen-bond donors (Lipinski definition) is 1. The van der Waals surface area contributed by atoms with Crippen molar-refractivity contribution in [1.82, 2.24) is 0 Å². The molecule has 0 bridgehead atoms. The highest BCUT2D eigenvalue weighted by molar-refractivity contribution is 5.95. The van der Waals surface area contributed by atoms with Crippen LogP contribution in [0.4, 0.5) is 0 Å². The molecular weight excluding hydrogens is 212 g/mol. The van der Waals surface area contributed by atoms with Crippen molar-refractivity contribution in [3.63, 3.8) is 0 Å². The van der Waals surface area contributed by atoms with Gasteiger partial charge in [-0.1, -0.05) is 20.3 Å². The molecule has 0 spiro atoms. The third-order valence-electron chi connectivity index (χ3n) is 1.95. The minimum Gasteiger partial charge on any atom is -0.545 e. The van der Waals surface area contributed by atoms with E-state index in [2.05, 4.69) is 4.74 Å². The number of hydrogen-bond acceptors (Lipinski definition) is 5. The Morgan fingerprint density at radius 1 is 1.44 bits per heavy atom. The van der Waals surface area contributed by atoms with Gasteiger partial charge in [0, 0.05) is 12.0 Å². The Morgan fingerprint density at radius 2 is 2.06 bits per heavy atom. The molecule has 1 atom stereocenters. The van der Waals surface area contributed by atoms with E-state index >= 15 is 0 Å². The molecule has 1 unspecified atom stereocenters. The first-order valence-corrected chi connectivity index (χ1v) is 5.31. The van der Waals surface area contributed by atoms with Gasteiger partial charge >= 0.3 is 5.97 Å². The lowest BCUT2D eigenvalue weighted by molar-refractivity contribution is -0.297. The van der Waals surface area contributed by atoms with Crippen LogP contribution in [-0.2, 0) is 14.3 Å². The fraction of sp³-hybridized carbons (Fsp3) is 0.636. The molecule has 0 aromatic carbocycles. The van der Waals surface area contributed by atoms with E-state index in [-0.39, 0.29) is 12.0 Å². The number of carbonyl (C=O) groups is 2. The van der Waals surface area contributed by atoms with Gasteiger partial charge in [0.1, 0.15) is 0 Å². The van der Waals surface area contributed by atoms with Crippen LogP contribution < -0.4 is 5.11 Å². The molecular formula is C11H17O5-. The highest BCUT2D eigenvalue weighted by Gasteiger charge is 2.14. The van der Waals surface area contributed by atoms with E-state index < -0.39 is 18.2 Å². The number of unbranched alkanes of at least 4 members (excludes halogenated alkanes) is 1. The van der Waals surface area contributed by atoms with E-state index in [1.54, 1.807) is 6.92 Å². The summed E-state index contributed by atoms with van der Waals surface area (Å²) in [4.78, 5) is 21.8. The smallest absolute Gasteiger partial charge is 0.336 e. The fourth-order valence-electron chi connectivity index (χ4n) is 1.03. The summed E-state index contributed by atoms with van der Waals surface area (Å²) in [5.74, 6) is -2.24. The second kappa shape index (κ2) is 7.87. The van der Waals surface area contributed by atoms with Gasteiger partial charge in [-0.3, -0.25) is 0 Å². The van der Waals surface area contributed by atoms with Crippen molar-refractivity contribution < 1.29 is 24.5 Å². The minimum atomic E-state index is -1.44. The number of aliphatic hydroxyl groups is 1. The van der Waals surface area contributed by atoms with Gasteiger partial charge in [0.05, 0.1) is 5.97 Å². The Morgan fingerprint density at radius 3 is 2.50 bits per heavy atom. The molecule has 0 aromatic rings. The molecule has 0 aromatic heterocycles. The number of carbonyl (C=O) groups excluding carboxylic acids is 2. The zero-order chi connectivity index (χ0) is 12.6. The molecule has 0 aliphatic carbocycles. The van der Waals surface area contributed by atoms with E-state index in [0.29, 0.717) is 12.8 Å². The predicted molar refractivity (Wildman–Crippen MR) is 55.0 cm³/mol. The third kappa shape index (κ3) is 6.19. The van der Waals surface area contributed by atoms with Gasteiger partial charge in [-0.2, -0.15) is 0 Å². The summed E-state index contributed by atoms with van der Waals surface area (Å²) in [6, 6.07) is 0. The maximum absolute atomic E-state index is 11.4. The van der Waals surface area contributed by atoms with Crippen LogP contribution in [0.15, 0.2) is 11.6 Å². The molecule has 0 saturated heterocycles. The lowest BCUT2D eigenvalue weighted by Gasteiger charge is -2.12. The Balaban J connectivity index is 4.50. The minimum absolute atomic E-state index is 0.0225. The molecule has 0 fully saturated rings. The average molecular weight is 229 g/mol. The zero-order valence-electron chi connectivity index (χ0n) is 9.56. The lowest BCUT2D eigenvalue weighted by atomic mass is 10.1. The van der Waals surface area contributed by atoms with Gasteiger partial charge in [-0.25, -0.2) is 4.79 Å². The fourth-order valence-corrected chi connectivity index (χ4v) is 1.03. The van der Waals surface area contributed by atoms with Crippen LogP contribution >= 0.6 is 0 Å². The summed E-state index contributed by atoms with van der Waals surface area (Å²) in [6.45, 7) is 3.56. The van der Waals surface area contributed by atoms with Crippen molar-refractivity contribution in [1.29, 1.82) is 0 Å². The molecule has 0 rings (SSSR count). The first-order valence-electron chi connectivity index (χ1n) is 5.31. The SMILES string of the molecule is CCCC/C(=C/C(=O)[O-])C(=O)OC(O)CC. The molecule has 0 amide bonds. The second-order valence-corrected chi connectivity index (χ2v) is 3.36. The standard InChI is InChI=1S/C11H18O5/c1-3-5-6-8(7-9(12)13)11(15)16-10(14)4-2/h7,10,14H,3-6H2,1-2H3,(H,12,13)/p-1/b8-7-. The van der Waals surface area contributed by atoms with Gasteiger partial charge in [0.2, 0.25) is 6.29 Å². The monoisotopic (exact) mass is 229 g/mol. The van der Waals surface area contributed by atoms with Gasteiger partial charge in [0.25, 0.3) is 0 Å². The maximum Gasteiger partial charge on any atom is 0.336 e. The van der Waals surface area contributed by atoms with Crippen LogP contribution in [0, 0.1) is 0 Å². The molecule has 1 N–H and O–H groups in total. The number of rotatable bonds is 7. The van der Waals surface area contributed by atoms with Crippen LogP contribution in [-0.4, -0.2) is 23.3 Å². The molecule has 5 nitrogen and oxygen atoms in total. The first-order chi connectivity index (χ1) is 7.51. The highest BCUT2D eigenvalue weighted by atomic mass is 16.6. The normalized spacial score (nSPS) is 13.3. The molecule has 0 radical (unpaired) electrons. The summed E-state index contributed by atoms with van der Waals surface area (Å²) < 4.78 is 4.62. The highest BCUT2D eigenvalue weighted by Crippen LogP contribution is 2.10. The predicted octanol–water partition coefficient (Wildman–Crippen LogP) is 0.124. The van der Waals surface area contributed by atoms with Crippen LogP contribution in [0.1, 0.15) is 39.5 Å². The Kier molecular flexibility index (Phi) is 7.20. The van der Waals surface area contributed by atoms with Crippen molar-refractivity contribution >= 4 is 11.9 Å². The molecule has 0 heterocycles. The average Bonchev–Trinajstić information content (AvgIpc) is 2.23. The number of ether oxygens (including phenoxy) is 1. The van der Waals surface area contributed by atoms with Crippen molar-refractivity contribution in [2.45, 2.75) is 45.8 Å². The first kappa shape index (κ1) is 14.6. The van der Waals surface area contributed by atoms with Crippen LogP contribution in [0.5, 0.6) is 0 Å². The van der Waals surface area contributed by atoms with Crippen molar-refractivity contribution in [3.05, 3.63) is 11.6 Å². The number of esters is 1. The summed E-state index contributed by atoms with van der Waals surface area (Å²) in [5.41, 5.74) is 0.0225. The number of aliphatic carboxylic acids is 1.